The number of hydrogen-bond acceptors (Lipinski definition) is 4. The molecule has 0 saturated heterocycles. The fourth-order valence-corrected chi connectivity index (χ4v) is 5.07. The highest BCUT2D eigenvalue weighted by Gasteiger charge is 2.29. The van der Waals surface area contributed by atoms with Crippen molar-refractivity contribution in [2.24, 2.45) is 0 Å². The molecule has 0 saturated carbocycles. The van der Waals surface area contributed by atoms with E-state index < -0.39 is 10.0 Å². The second-order valence-corrected chi connectivity index (χ2v) is 7.81. The van der Waals surface area contributed by atoms with Gasteiger partial charge in [0.1, 0.15) is 0 Å². The molecule has 0 spiro atoms. The average Bonchev–Trinajstić information content (AvgIpc) is 2.39. The first-order valence-electron chi connectivity index (χ1n) is 6.60. The normalized spacial score (nSPS) is 13.7. The molecule has 0 radical (unpaired) electrons. The number of rotatable bonds is 6. The van der Waals surface area contributed by atoms with Crippen molar-refractivity contribution in [2.45, 2.75) is 38.1 Å². The van der Waals surface area contributed by atoms with E-state index >= 15 is 0 Å². The third kappa shape index (κ3) is 3.30. The third-order valence-corrected chi connectivity index (χ3v) is 6.54. The Morgan fingerprint density at radius 1 is 1.35 bits per heavy atom. The molecule has 1 aromatic rings. The molecule has 4 nitrogen and oxygen atoms in total. The number of anilines is 1. The minimum atomic E-state index is -3.52. The lowest BCUT2D eigenvalue weighted by atomic mass is 10.1. The molecule has 1 unspecified atom stereocenters. The van der Waals surface area contributed by atoms with Crippen LogP contribution in [0.5, 0.6) is 0 Å². The minimum Gasteiger partial charge on any atom is -0.398 e. The van der Waals surface area contributed by atoms with E-state index in [1.807, 2.05) is 20.1 Å². The van der Waals surface area contributed by atoms with Crippen molar-refractivity contribution in [2.75, 3.05) is 24.8 Å². The molecule has 1 rings (SSSR count). The van der Waals surface area contributed by atoms with E-state index in [-0.39, 0.29) is 6.04 Å². The lowest BCUT2D eigenvalue weighted by molar-refractivity contribution is 0.385. The van der Waals surface area contributed by atoms with Crippen molar-refractivity contribution in [3.8, 4) is 0 Å². The number of nitrogens with two attached hydrogens (primary N) is 1. The van der Waals surface area contributed by atoms with E-state index in [0.29, 0.717) is 16.1 Å². The van der Waals surface area contributed by atoms with Gasteiger partial charge in [0.05, 0.1) is 4.90 Å². The van der Waals surface area contributed by atoms with Gasteiger partial charge in [-0.2, -0.15) is 16.1 Å². The smallest absolute Gasteiger partial charge is 0.243 e. The van der Waals surface area contributed by atoms with Gasteiger partial charge < -0.3 is 5.73 Å². The van der Waals surface area contributed by atoms with Crippen LogP contribution in [-0.2, 0) is 10.0 Å². The van der Waals surface area contributed by atoms with Gasteiger partial charge in [-0.25, -0.2) is 8.42 Å². The highest BCUT2D eigenvalue weighted by Crippen LogP contribution is 2.28. The zero-order valence-corrected chi connectivity index (χ0v) is 14.4. The molecule has 0 bridgehead atoms. The standard InChI is InChI=1S/C14H24N2O2S2/c1-6-12(9-19-5)16(4)20(17,18)14-10(2)7-8-13(15)11(14)3/h7-8,12H,6,9,15H2,1-5H3. The van der Waals surface area contributed by atoms with Crippen molar-refractivity contribution in [1.82, 2.24) is 4.31 Å². The number of thioether (sulfide) groups is 1. The molecule has 0 aliphatic carbocycles. The van der Waals surface area contributed by atoms with E-state index in [9.17, 15) is 8.42 Å². The second kappa shape index (κ2) is 6.83. The lowest BCUT2D eigenvalue weighted by Crippen LogP contribution is -2.38. The molecule has 0 aromatic heterocycles. The van der Waals surface area contributed by atoms with Crippen LogP contribution in [-0.4, -0.2) is 37.8 Å². The molecule has 0 aliphatic heterocycles. The number of nitrogens with zero attached hydrogens (tertiary/aromatic N) is 1. The highest BCUT2D eigenvalue weighted by molar-refractivity contribution is 7.98. The van der Waals surface area contributed by atoms with Crippen molar-refractivity contribution in [1.29, 1.82) is 0 Å². The van der Waals surface area contributed by atoms with Gasteiger partial charge in [0.15, 0.2) is 0 Å². The second-order valence-electron chi connectivity index (χ2n) is 4.96. The van der Waals surface area contributed by atoms with Gasteiger partial charge in [0, 0.05) is 24.5 Å². The predicted molar refractivity (Wildman–Crippen MR) is 87.7 cm³/mol. The first-order valence-corrected chi connectivity index (χ1v) is 9.43. The van der Waals surface area contributed by atoms with E-state index in [0.717, 1.165) is 17.7 Å². The molecule has 0 fully saturated rings. The molecule has 6 heteroatoms. The molecule has 2 N–H and O–H groups in total. The highest BCUT2D eigenvalue weighted by atomic mass is 32.2. The topological polar surface area (TPSA) is 63.4 Å². The largest absolute Gasteiger partial charge is 0.398 e. The van der Waals surface area contributed by atoms with Gasteiger partial charge in [-0.05, 0) is 43.7 Å². The quantitative estimate of drug-likeness (QED) is 0.820. The molecule has 20 heavy (non-hydrogen) atoms. The Bertz CT molecular complexity index is 571. The van der Waals surface area contributed by atoms with Crippen molar-refractivity contribution in [3.05, 3.63) is 23.3 Å². The Kier molecular flexibility index (Phi) is 5.91. The molecule has 114 valence electrons. The van der Waals surface area contributed by atoms with E-state index in [1.54, 1.807) is 37.9 Å². The molecular formula is C14H24N2O2S2. The van der Waals surface area contributed by atoms with Crippen LogP contribution < -0.4 is 5.73 Å². The predicted octanol–water partition coefficient (Wildman–Crippen LogP) is 2.65. The SMILES string of the molecule is CCC(CSC)N(C)S(=O)(=O)c1c(C)ccc(N)c1C. The van der Waals surface area contributed by atoms with E-state index in [1.165, 1.54) is 4.31 Å². The molecule has 0 amide bonds. The van der Waals surface area contributed by atoms with Gasteiger partial charge in [0.2, 0.25) is 10.0 Å². The maximum Gasteiger partial charge on any atom is 0.243 e. The van der Waals surface area contributed by atoms with Gasteiger partial charge >= 0.3 is 0 Å². The zero-order valence-electron chi connectivity index (χ0n) is 12.8. The summed E-state index contributed by atoms with van der Waals surface area (Å²) in [5.41, 5.74) is 7.75. The summed E-state index contributed by atoms with van der Waals surface area (Å²) in [7, 11) is -1.86. The Morgan fingerprint density at radius 2 is 1.95 bits per heavy atom. The summed E-state index contributed by atoms with van der Waals surface area (Å²) in [6.45, 7) is 5.58. The first-order chi connectivity index (χ1) is 9.27. The maximum absolute atomic E-state index is 12.9. The van der Waals surface area contributed by atoms with Gasteiger partial charge in [-0.3, -0.25) is 0 Å². The Labute approximate surface area is 126 Å². The van der Waals surface area contributed by atoms with E-state index in [4.69, 9.17) is 5.73 Å². The van der Waals surface area contributed by atoms with Crippen LogP contribution in [0.25, 0.3) is 0 Å². The summed E-state index contributed by atoms with van der Waals surface area (Å²) < 4.78 is 27.2. The Hall–Kier alpha value is -0.720. The molecule has 1 atom stereocenters. The average molecular weight is 316 g/mol. The maximum atomic E-state index is 12.9. The number of benzene rings is 1. The van der Waals surface area contributed by atoms with Crippen LogP contribution in [0.1, 0.15) is 24.5 Å². The van der Waals surface area contributed by atoms with Gasteiger partial charge in [-0.1, -0.05) is 13.0 Å². The van der Waals surface area contributed by atoms with Gasteiger partial charge in [0.25, 0.3) is 0 Å². The number of sulfonamides is 1. The Morgan fingerprint density at radius 3 is 2.45 bits per heavy atom. The summed E-state index contributed by atoms with van der Waals surface area (Å²) in [5, 5.41) is 0. The zero-order chi connectivity index (χ0) is 15.5. The monoisotopic (exact) mass is 316 g/mol. The molecular weight excluding hydrogens is 292 g/mol. The van der Waals surface area contributed by atoms with Crippen molar-refractivity contribution < 1.29 is 8.42 Å². The number of nitrogen functional groups attached to an aromatic ring is 1. The van der Waals surface area contributed by atoms with Crippen LogP contribution in [0.2, 0.25) is 0 Å². The fourth-order valence-electron chi connectivity index (χ4n) is 2.25. The minimum absolute atomic E-state index is 0.00442. The summed E-state index contributed by atoms with van der Waals surface area (Å²) in [6, 6.07) is 3.51. The van der Waals surface area contributed by atoms with Crippen LogP contribution in [0.15, 0.2) is 17.0 Å². The summed E-state index contributed by atoms with van der Waals surface area (Å²) in [6.07, 6.45) is 2.77. The molecule has 0 aliphatic rings. The van der Waals surface area contributed by atoms with Crippen molar-refractivity contribution >= 4 is 27.5 Å². The van der Waals surface area contributed by atoms with E-state index in [2.05, 4.69) is 0 Å². The number of hydrogen-bond donors (Lipinski definition) is 1. The summed E-state index contributed by atoms with van der Waals surface area (Å²) in [5.74, 6) is 0.784. The molecule has 1 aromatic carbocycles. The number of aryl methyl sites for hydroxylation is 1. The van der Waals surface area contributed by atoms with Crippen LogP contribution >= 0.6 is 11.8 Å². The van der Waals surface area contributed by atoms with Crippen LogP contribution in [0, 0.1) is 13.8 Å². The fraction of sp³-hybridized carbons (Fsp3) is 0.571. The summed E-state index contributed by atoms with van der Waals surface area (Å²) in [4.78, 5) is 0.347. The van der Waals surface area contributed by atoms with Crippen LogP contribution in [0.3, 0.4) is 0 Å². The van der Waals surface area contributed by atoms with Gasteiger partial charge in [-0.15, -0.1) is 0 Å². The Balaban J connectivity index is 3.33. The first kappa shape index (κ1) is 17.3. The summed E-state index contributed by atoms with van der Waals surface area (Å²) >= 11 is 1.65. The lowest BCUT2D eigenvalue weighted by Gasteiger charge is -2.27. The van der Waals surface area contributed by atoms with Crippen LogP contribution in [0.4, 0.5) is 5.69 Å². The third-order valence-electron chi connectivity index (χ3n) is 3.63. The molecule has 0 heterocycles. The van der Waals surface area contributed by atoms with Crippen molar-refractivity contribution in [3.63, 3.8) is 0 Å².